The van der Waals surface area contributed by atoms with E-state index in [1.807, 2.05) is 18.8 Å². The standard InChI is InChI=1S/C9H13N3S/c1-6-7-4-13-5-8(7)12-9(11-6)3-10-2/h10H,3-5H2,1-2H3. The van der Waals surface area contributed by atoms with Gasteiger partial charge in [-0.3, -0.25) is 0 Å². The van der Waals surface area contributed by atoms with Crippen molar-refractivity contribution in [1.82, 2.24) is 15.3 Å². The molecular formula is C9H13N3S. The number of fused-ring (bicyclic) bond motifs is 1. The quantitative estimate of drug-likeness (QED) is 0.770. The zero-order valence-electron chi connectivity index (χ0n) is 7.92. The first-order chi connectivity index (χ1) is 6.31. The molecule has 1 aromatic heterocycles. The topological polar surface area (TPSA) is 37.8 Å². The molecule has 1 N–H and O–H groups in total. The summed E-state index contributed by atoms with van der Waals surface area (Å²) < 4.78 is 0. The molecule has 3 nitrogen and oxygen atoms in total. The van der Waals surface area contributed by atoms with Crippen molar-refractivity contribution < 1.29 is 0 Å². The molecule has 13 heavy (non-hydrogen) atoms. The average molecular weight is 195 g/mol. The van der Waals surface area contributed by atoms with Crippen LogP contribution in [0.4, 0.5) is 0 Å². The van der Waals surface area contributed by atoms with Crippen molar-refractivity contribution in [2.75, 3.05) is 7.05 Å². The first-order valence-corrected chi connectivity index (χ1v) is 5.54. The average Bonchev–Trinajstić information content (AvgIpc) is 2.53. The Hall–Kier alpha value is -0.610. The SMILES string of the molecule is CNCc1nc(C)c2c(n1)CSC2. The van der Waals surface area contributed by atoms with Crippen LogP contribution in [0.1, 0.15) is 22.8 Å². The van der Waals surface area contributed by atoms with Crippen molar-refractivity contribution in [3.8, 4) is 0 Å². The Morgan fingerprint density at radius 3 is 3.00 bits per heavy atom. The summed E-state index contributed by atoms with van der Waals surface area (Å²) in [6, 6.07) is 0. The van der Waals surface area contributed by atoms with Crippen molar-refractivity contribution in [2.45, 2.75) is 25.0 Å². The van der Waals surface area contributed by atoms with Crippen LogP contribution >= 0.6 is 11.8 Å². The second-order valence-electron chi connectivity index (χ2n) is 3.17. The van der Waals surface area contributed by atoms with Crippen LogP contribution in [0.15, 0.2) is 0 Å². The number of rotatable bonds is 2. The molecule has 0 atom stereocenters. The lowest BCUT2D eigenvalue weighted by Gasteiger charge is -2.05. The number of hydrogen-bond acceptors (Lipinski definition) is 4. The van der Waals surface area contributed by atoms with E-state index in [2.05, 4.69) is 22.2 Å². The maximum absolute atomic E-state index is 4.51. The highest BCUT2D eigenvalue weighted by Crippen LogP contribution is 2.29. The summed E-state index contributed by atoms with van der Waals surface area (Å²) in [7, 11) is 1.92. The van der Waals surface area contributed by atoms with Crippen LogP contribution in [0.2, 0.25) is 0 Å². The molecule has 0 spiro atoms. The molecule has 1 aromatic rings. The maximum atomic E-state index is 4.51. The molecule has 1 aliphatic heterocycles. The van der Waals surface area contributed by atoms with E-state index in [-0.39, 0.29) is 0 Å². The predicted molar refractivity (Wildman–Crippen MR) is 54.5 cm³/mol. The summed E-state index contributed by atoms with van der Waals surface area (Å²) in [4.78, 5) is 8.96. The second kappa shape index (κ2) is 3.64. The lowest BCUT2D eigenvalue weighted by molar-refractivity contribution is 0.743. The van der Waals surface area contributed by atoms with Crippen LogP contribution in [-0.2, 0) is 18.1 Å². The summed E-state index contributed by atoms with van der Waals surface area (Å²) >= 11 is 1.92. The minimum atomic E-state index is 0.763. The molecule has 2 rings (SSSR count). The lowest BCUT2D eigenvalue weighted by atomic mass is 10.2. The highest BCUT2D eigenvalue weighted by atomic mass is 32.2. The largest absolute Gasteiger partial charge is 0.313 e. The molecule has 0 unspecified atom stereocenters. The molecule has 0 amide bonds. The normalized spacial score (nSPS) is 14.6. The molecule has 0 aliphatic carbocycles. The summed E-state index contributed by atoms with van der Waals surface area (Å²) in [6.45, 7) is 2.84. The van der Waals surface area contributed by atoms with Gasteiger partial charge in [-0.1, -0.05) is 0 Å². The fourth-order valence-corrected chi connectivity index (χ4v) is 2.63. The third-order valence-electron chi connectivity index (χ3n) is 2.17. The van der Waals surface area contributed by atoms with Crippen molar-refractivity contribution in [1.29, 1.82) is 0 Å². The Morgan fingerprint density at radius 2 is 2.23 bits per heavy atom. The fourth-order valence-electron chi connectivity index (χ4n) is 1.51. The zero-order chi connectivity index (χ0) is 9.26. The Balaban J connectivity index is 2.37. The first-order valence-electron chi connectivity index (χ1n) is 4.39. The molecular weight excluding hydrogens is 182 g/mol. The monoisotopic (exact) mass is 195 g/mol. The van der Waals surface area contributed by atoms with Gasteiger partial charge in [0.05, 0.1) is 12.2 Å². The number of hydrogen-bond donors (Lipinski definition) is 1. The molecule has 0 saturated heterocycles. The molecule has 1 aliphatic rings. The molecule has 0 aromatic carbocycles. The van der Waals surface area contributed by atoms with Gasteiger partial charge in [0.2, 0.25) is 0 Å². The number of aromatic nitrogens is 2. The molecule has 70 valence electrons. The van der Waals surface area contributed by atoms with Gasteiger partial charge < -0.3 is 5.32 Å². The summed E-state index contributed by atoms with van der Waals surface area (Å²) in [5.74, 6) is 3.05. The van der Waals surface area contributed by atoms with Crippen LogP contribution < -0.4 is 5.32 Å². The minimum Gasteiger partial charge on any atom is -0.313 e. The van der Waals surface area contributed by atoms with Gasteiger partial charge in [0.1, 0.15) is 5.82 Å². The molecule has 0 radical (unpaired) electrons. The van der Waals surface area contributed by atoms with Crippen LogP contribution in [-0.4, -0.2) is 17.0 Å². The third kappa shape index (κ3) is 1.69. The third-order valence-corrected chi connectivity index (χ3v) is 3.14. The van der Waals surface area contributed by atoms with Crippen molar-refractivity contribution >= 4 is 11.8 Å². The van der Waals surface area contributed by atoms with Gasteiger partial charge in [0.25, 0.3) is 0 Å². The maximum Gasteiger partial charge on any atom is 0.142 e. The van der Waals surface area contributed by atoms with E-state index in [1.165, 1.54) is 11.3 Å². The van der Waals surface area contributed by atoms with Crippen molar-refractivity contribution in [3.05, 3.63) is 22.8 Å². The Morgan fingerprint density at radius 1 is 1.38 bits per heavy atom. The van der Waals surface area contributed by atoms with E-state index in [9.17, 15) is 0 Å². The minimum absolute atomic E-state index is 0.763. The molecule has 0 fully saturated rings. The van der Waals surface area contributed by atoms with E-state index in [1.54, 1.807) is 0 Å². The van der Waals surface area contributed by atoms with Crippen molar-refractivity contribution in [3.63, 3.8) is 0 Å². The van der Waals surface area contributed by atoms with E-state index in [0.717, 1.165) is 29.6 Å². The number of aryl methyl sites for hydroxylation is 1. The van der Waals surface area contributed by atoms with Gasteiger partial charge in [-0.05, 0) is 14.0 Å². The Labute approximate surface area is 82.4 Å². The fraction of sp³-hybridized carbons (Fsp3) is 0.556. The van der Waals surface area contributed by atoms with E-state index in [4.69, 9.17) is 0 Å². The van der Waals surface area contributed by atoms with Crippen LogP contribution in [0, 0.1) is 6.92 Å². The number of thioether (sulfide) groups is 1. The second-order valence-corrected chi connectivity index (χ2v) is 4.16. The van der Waals surface area contributed by atoms with E-state index >= 15 is 0 Å². The summed E-state index contributed by atoms with van der Waals surface area (Å²) in [5.41, 5.74) is 3.74. The molecule has 0 saturated carbocycles. The highest BCUT2D eigenvalue weighted by Gasteiger charge is 2.16. The van der Waals surface area contributed by atoms with Crippen LogP contribution in [0.5, 0.6) is 0 Å². The van der Waals surface area contributed by atoms with Crippen LogP contribution in [0.3, 0.4) is 0 Å². The molecule has 4 heteroatoms. The van der Waals surface area contributed by atoms with Gasteiger partial charge in [-0.15, -0.1) is 0 Å². The van der Waals surface area contributed by atoms with Gasteiger partial charge in [0.15, 0.2) is 0 Å². The van der Waals surface area contributed by atoms with Crippen LogP contribution in [0.25, 0.3) is 0 Å². The number of nitrogens with zero attached hydrogens (tertiary/aromatic N) is 2. The zero-order valence-corrected chi connectivity index (χ0v) is 8.74. The van der Waals surface area contributed by atoms with Gasteiger partial charge >= 0.3 is 0 Å². The summed E-state index contributed by atoms with van der Waals surface area (Å²) in [5, 5.41) is 3.07. The van der Waals surface area contributed by atoms with E-state index < -0.39 is 0 Å². The molecule has 2 heterocycles. The lowest BCUT2D eigenvalue weighted by Crippen LogP contribution is -2.11. The first kappa shape index (κ1) is 8.97. The van der Waals surface area contributed by atoms with E-state index in [0.29, 0.717) is 0 Å². The highest BCUT2D eigenvalue weighted by molar-refractivity contribution is 7.98. The number of nitrogens with one attached hydrogen (secondary N) is 1. The van der Waals surface area contributed by atoms with Gasteiger partial charge in [-0.25, -0.2) is 9.97 Å². The Kier molecular flexibility index (Phi) is 2.51. The van der Waals surface area contributed by atoms with Crippen molar-refractivity contribution in [2.24, 2.45) is 0 Å². The smallest absolute Gasteiger partial charge is 0.142 e. The summed E-state index contributed by atoms with van der Waals surface area (Å²) in [6.07, 6.45) is 0. The van der Waals surface area contributed by atoms with Gasteiger partial charge in [-0.2, -0.15) is 11.8 Å². The predicted octanol–water partition coefficient (Wildman–Crippen LogP) is 1.25. The Bertz CT molecular complexity index is 325. The van der Waals surface area contributed by atoms with Gasteiger partial charge in [0, 0.05) is 22.8 Å². The molecule has 0 bridgehead atoms.